The molecule has 1 aromatic heterocycles. The number of esters is 1. The number of ether oxygens (including phenoxy) is 1. The number of nitrogens with zero attached hydrogens (tertiary/aromatic N) is 3. The molecule has 0 radical (unpaired) electrons. The summed E-state index contributed by atoms with van der Waals surface area (Å²) in [6.45, 7) is 2.66. The molecule has 2 N–H and O–H groups in total. The molecule has 0 aliphatic carbocycles. The van der Waals surface area contributed by atoms with Crippen LogP contribution in [0, 0.1) is 0 Å². The first-order valence-corrected chi connectivity index (χ1v) is 7.23. The van der Waals surface area contributed by atoms with Gasteiger partial charge in [-0.3, -0.25) is 0 Å². The Morgan fingerprint density at radius 1 is 1.48 bits per heavy atom. The van der Waals surface area contributed by atoms with Gasteiger partial charge in [0.15, 0.2) is 5.82 Å². The van der Waals surface area contributed by atoms with E-state index in [0.717, 1.165) is 10.2 Å². The minimum atomic E-state index is -0.499. The van der Waals surface area contributed by atoms with Crippen molar-refractivity contribution in [1.29, 1.82) is 0 Å². The first kappa shape index (κ1) is 15.4. The van der Waals surface area contributed by atoms with E-state index in [9.17, 15) is 4.79 Å². The van der Waals surface area contributed by atoms with Crippen LogP contribution >= 0.6 is 15.9 Å². The predicted molar refractivity (Wildman–Crippen MR) is 86.0 cm³/mol. The molecule has 6 nitrogen and oxygen atoms in total. The van der Waals surface area contributed by atoms with Gasteiger partial charge in [-0.2, -0.15) is 0 Å². The van der Waals surface area contributed by atoms with E-state index < -0.39 is 5.97 Å². The lowest BCUT2D eigenvalue weighted by molar-refractivity contribution is 0.0602. The fraction of sp³-hybridized carbons (Fsp3) is 0.286. The number of anilines is 2. The van der Waals surface area contributed by atoms with Gasteiger partial charge in [-0.25, -0.2) is 9.48 Å². The van der Waals surface area contributed by atoms with Gasteiger partial charge in [0.25, 0.3) is 0 Å². The van der Waals surface area contributed by atoms with E-state index in [0.29, 0.717) is 12.4 Å². The number of nitrogens with two attached hydrogens (primary N) is 1. The van der Waals surface area contributed by atoms with Gasteiger partial charge in [0.1, 0.15) is 11.4 Å². The highest BCUT2D eigenvalue weighted by Gasteiger charge is 2.26. The van der Waals surface area contributed by atoms with Crippen molar-refractivity contribution in [3.63, 3.8) is 0 Å². The van der Waals surface area contributed by atoms with Crippen LogP contribution in [0.25, 0.3) is 5.69 Å². The largest absolute Gasteiger partial charge is 0.465 e. The molecule has 1 aromatic carbocycles. The Bertz CT molecular complexity index is 669. The van der Waals surface area contributed by atoms with E-state index in [2.05, 4.69) is 21.0 Å². The second kappa shape index (κ2) is 6.17. The number of halogens is 1. The molecule has 0 fully saturated rings. The van der Waals surface area contributed by atoms with E-state index in [1.54, 1.807) is 0 Å². The molecule has 0 bridgehead atoms. The van der Waals surface area contributed by atoms with Gasteiger partial charge < -0.3 is 15.4 Å². The molecule has 0 saturated heterocycles. The zero-order valence-corrected chi connectivity index (χ0v) is 13.7. The number of rotatable bonds is 4. The fourth-order valence-corrected chi connectivity index (χ4v) is 2.39. The molecule has 0 saturated carbocycles. The molecule has 2 aromatic rings. The van der Waals surface area contributed by atoms with Crippen LogP contribution < -0.4 is 10.6 Å². The number of para-hydroxylation sites is 1. The van der Waals surface area contributed by atoms with Crippen LogP contribution in [0.3, 0.4) is 0 Å². The number of methoxy groups -OCH3 is 1. The second-order valence-corrected chi connectivity index (χ2v) is 5.31. The average molecular weight is 353 g/mol. The van der Waals surface area contributed by atoms with E-state index in [1.807, 2.05) is 43.1 Å². The topological polar surface area (TPSA) is 73.4 Å². The van der Waals surface area contributed by atoms with Gasteiger partial charge in [0.05, 0.1) is 12.8 Å². The van der Waals surface area contributed by atoms with Crippen LogP contribution in [0.2, 0.25) is 0 Å². The Kier molecular flexibility index (Phi) is 4.52. The van der Waals surface area contributed by atoms with Crippen LogP contribution in [0.15, 0.2) is 28.7 Å². The number of carbonyl (C=O) groups excluding carboxylic acids is 1. The van der Waals surface area contributed by atoms with Crippen LogP contribution in [-0.4, -0.2) is 36.5 Å². The molecule has 2 rings (SSSR count). The lowest BCUT2D eigenvalue weighted by Crippen LogP contribution is -2.19. The molecular weight excluding hydrogens is 336 g/mol. The molecule has 0 atom stereocenters. The third-order valence-electron chi connectivity index (χ3n) is 3.21. The summed E-state index contributed by atoms with van der Waals surface area (Å²) in [5.74, 6) is 0.253. The maximum Gasteiger partial charge on any atom is 0.345 e. The molecule has 1 heterocycles. The molecule has 0 aliphatic heterocycles. The summed E-state index contributed by atoms with van der Waals surface area (Å²) in [6.07, 6.45) is 0. The van der Waals surface area contributed by atoms with Gasteiger partial charge in [0, 0.05) is 18.1 Å². The van der Waals surface area contributed by atoms with Crippen molar-refractivity contribution < 1.29 is 9.53 Å². The first-order valence-electron chi connectivity index (χ1n) is 6.44. The smallest absolute Gasteiger partial charge is 0.345 e. The maximum absolute atomic E-state index is 12.0. The predicted octanol–water partition coefficient (Wildman–Crippen LogP) is 2.46. The Hall–Kier alpha value is -2.02. The summed E-state index contributed by atoms with van der Waals surface area (Å²) in [5.41, 5.74) is 7.16. The third-order valence-corrected chi connectivity index (χ3v) is 3.88. The van der Waals surface area contributed by atoms with Crippen molar-refractivity contribution in [2.75, 3.05) is 31.3 Å². The van der Waals surface area contributed by atoms with Crippen molar-refractivity contribution in [3.05, 3.63) is 34.3 Å². The zero-order valence-electron chi connectivity index (χ0n) is 12.1. The minimum Gasteiger partial charge on any atom is -0.465 e. The average Bonchev–Trinajstić information content (AvgIpc) is 2.83. The number of nitrogen functional groups attached to an aromatic ring is 1. The van der Waals surface area contributed by atoms with Crippen molar-refractivity contribution in [2.45, 2.75) is 6.92 Å². The maximum atomic E-state index is 12.0. The van der Waals surface area contributed by atoms with Crippen LogP contribution in [0.4, 0.5) is 11.6 Å². The van der Waals surface area contributed by atoms with Crippen LogP contribution in [0.1, 0.15) is 17.3 Å². The number of carbonyl (C=O) groups is 1. The molecule has 7 heteroatoms. The molecule has 112 valence electrons. The fourth-order valence-electron chi connectivity index (χ4n) is 1.94. The SMILES string of the molecule is CCN(C)c1nn(-c2ccccc2Br)c(N)c1C(=O)OC. The summed E-state index contributed by atoms with van der Waals surface area (Å²) in [7, 11) is 3.17. The standard InChI is InChI=1S/C14H17BrN4O2/c1-4-18(2)13-11(14(20)21-3)12(16)19(17-13)10-8-6-5-7-9(10)15/h5-8H,4,16H2,1-3H3. The number of aromatic nitrogens is 2. The van der Waals surface area contributed by atoms with E-state index >= 15 is 0 Å². The highest BCUT2D eigenvalue weighted by atomic mass is 79.9. The molecule has 0 unspecified atom stereocenters. The molecule has 0 spiro atoms. The van der Waals surface area contributed by atoms with Gasteiger partial charge in [0.2, 0.25) is 0 Å². The quantitative estimate of drug-likeness (QED) is 0.855. The molecule has 0 amide bonds. The minimum absolute atomic E-state index is 0.254. The lowest BCUT2D eigenvalue weighted by Gasteiger charge is -2.14. The highest BCUT2D eigenvalue weighted by Crippen LogP contribution is 2.30. The van der Waals surface area contributed by atoms with Crippen molar-refractivity contribution in [2.24, 2.45) is 0 Å². The monoisotopic (exact) mass is 352 g/mol. The molecular formula is C14H17BrN4O2. The van der Waals surface area contributed by atoms with E-state index in [-0.39, 0.29) is 11.4 Å². The third kappa shape index (κ3) is 2.73. The van der Waals surface area contributed by atoms with E-state index in [1.165, 1.54) is 11.8 Å². The summed E-state index contributed by atoms with van der Waals surface area (Å²) >= 11 is 3.46. The first-order chi connectivity index (χ1) is 10.0. The van der Waals surface area contributed by atoms with Crippen LogP contribution in [0.5, 0.6) is 0 Å². The van der Waals surface area contributed by atoms with Gasteiger partial charge in [-0.1, -0.05) is 12.1 Å². The number of hydrogen-bond acceptors (Lipinski definition) is 5. The van der Waals surface area contributed by atoms with Crippen molar-refractivity contribution >= 4 is 33.5 Å². The summed E-state index contributed by atoms with van der Waals surface area (Å²) < 4.78 is 7.20. The lowest BCUT2D eigenvalue weighted by atomic mass is 10.2. The Morgan fingerprint density at radius 3 is 2.71 bits per heavy atom. The Morgan fingerprint density at radius 2 is 2.14 bits per heavy atom. The Labute approximate surface area is 131 Å². The molecule has 0 aliphatic rings. The van der Waals surface area contributed by atoms with E-state index in [4.69, 9.17) is 10.5 Å². The summed E-state index contributed by atoms with van der Waals surface area (Å²) in [6, 6.07) is 7.53. The van der Waals surface area contributed by atoms with Gasteiger partial charge >= 0.3 is 5.97 Å². The number of benzene rings is 1. The normalized spacial score (nSPS) is 10.5. The van der Waals surface area contributed by atoms with Crippen molar-refractivity contribution in [1.82, 2.24) is 9.78 Å². The Balaban J connectivity index is 2.67. The van der Waals surface area contributed by atoms with Crippen LogP contribution in [-0.2, 0) is 4.74 Å². The summed E-state index contributed by atoms with van der Waals surface area (Å²) in [4.78, 5) is 13.9. The van der Waals surface area contributed by atoms with Crippen molar-refractivity contribution in [3.8, 4) is 5.69 Å². The zero-order chi connectivity index (χ0) is 15.6. The number of hydrogen-bond donors (Lipinski definition) is 1. The molecule has 21 heavy (non-hydrogen) atoms. The summed E-state index contributed by atoms with van der Waals surface area (Å²) in [5, 5.41) is 4.47. The second-order valence-electron chi connectivity index (χ2n) is 4.45. The van der Waals surface area contributed by atoms with Gasteiger partial charge in [-0.05, 0) is 35.0 Å². The highest BCUT2D eigenvalue weighted by molar-refractivity contribution is 9.10. The van der Waals surface area contributed by atoms with Gasteiger partial charge in [-0.15, -0.1) is 5.10 Å².